The third-order valence-electron chi connectivity index (χ3n) is 3.74. The molecule has 1 nitrogen and oxygen atoms in total. The van der Waals surface area contributed by atoms with Crippen molar-refractivity contribution in [1.82, 2.24) is 4.98 Å². The molecular weight excluding hydrogens is 182 g/mol. The Labute approximate surface area is 90.5 Å². The number of rotatable bonds is 0. The number of aromatic amines is 1. The number of fused-ring (bicyclic) bond motifs is 3. The molecule has 0 spiro atoms. The van der Waals surface area contributed by atoms with Crippen molar-refractivity contribution in [3.63, 3.8) is 0 Å². The van der Waals surface area contributed by atoms with E-state index in [1.54, 1.807) is 5.56 Å². The topological polar surface area (TPSA) is 15.8 Å². The van der Waals surface area contributed by atoms with Crippen LogP contribution < -0.4 is 0 Å². The van der Waals surface area contributed by atoms with Crippen molar-refractivity contribution < 1.29 is 0 Å². The number of hydrogen-bond donors (Lipinski definition) is 1. The van der Waals surface area contributed by atoms with Crippen LogP contribution in [0.2, 0.25) is 0 Å². The van der Waals surface area contributed by atoms with E-state index in [2.05, 4.69) is 44.0 Å². The summed E-state index contributed by atoms with van der Waals surface area (Å²) in [6, 6.07) is 6.70. The van der Waals surface area contributed by atoms with Gasteiger partial charge in [0.25, 0.3) is 0 Å². The zero-order chi connectivity index (χ0) is 10.6. The van der Waals surface area contributed by atoms with Crippen molar-refractivity contribution in [1.29, 1.82) is 0 Å². The van der Waals surface area contributed by atoms with Crippen LogP contribution in [0.4, 0.5) is 0 Å². The maximum absolute atomic E-state index is 3.59. The highest BCUT2D eigenvalue weighted by Crippen LogP contribution is 2.41. The van der Waals surface area contributed by atoms with Crippen molar-refractivity contribution in [3.8, 4) is 0 Å². The molecule has 1 aromatic carbocycles. The van der Waals surface area contributed by atoms with Gasteiger partial charge in [0.05, 0.1) is 0 Å². The van der Waals surface area contributed by atoms with Crippen LogP contribution in [0.15, 0.2) is 18.2 Å². The molecule has 0 saturated heterocycles. The second-order valence-corrected chi connectivity index (χ2v) is 5.41. The molecule has 0 aliphatic heterocycles. The van der Waals surface area contributed by atoms with Crippen LogP contribution in [0.1, 0.15) is 37.1 Å². The maximum atomic E-state index is 3.59. The van der Waals surface area contributed by atoms with Crippen LogP contribution in [-0.4, -0.2) is 4.98 Å². The molecule has 1 heteroatoms. The van der Waals surface area contributed by atoms with Crippen molar-refractivity contribution in [2.24, 2.45) is 0 Å². The first kappa shape index (κ1) is 9.02. The van der Waals surface area contributed by atoms with Gasteiger partial charge in [0.1, 0.15) is 0 Å². The summed E-state index contributed by atoms with van der Waals surface area (Å²) in [6.45, 7) is 6.83. The number of benzene rings is 1. The van der Waals surface area contributed by atoms with Gasteiger partial charge < -0.3 is 4.98 Å². The lowest BCUT2D eigenvalue weighted by atomic mass is 9.91. The molecule has 0 unspecified atom stereocenters. The van der Waals surface area contributed by atoms with Crippen LogP contribution in [0.25, 0.3) is 10.9 Å². The minimum absolute atomic E-state index is 0.336. The average Bonchev–Trinajstić information content (AvgIpc) is 2.66. The Balaban J connectivity index is 2.36. The van der Waals surface area contributed by atoms with Gasteiger partial charge in [-0.05, 0) is 37.5 Å². The molecule has 0 radical (unpaired) electrons. The van der Waals surface area contributed by atoms with Gasteiger partial charge in [-0.15, -0.1) is 0 Å². The Bertz CT molecular complexity index is 532. The predicted molar refractivity (Wildman–Crippen MR) is 64.4 cm³/mol. The van der Waals surface area contributed by atoms with Gasteiger partial charge in [0, 0.05) is 22.0 Å². The van der Waals surface area contributed by atoms with Gasteiger partial charge in [0.2, 0.25) is 0 Å². The van der Waals surface area contributed by atoms with E-state index in [0.29, 0.717) is 5.41 Å². The smallest absolute Gasteiger partial charge is 0.0459 e. The lowest BCUT2D eigenvalue weighted by Gasteiger charge is -2.16. The summed E-state index contributed by atoms with van der Waals surface area (Å²) >= 11 is 0. The van der Waals surface area contributed by atoms with E-state index in [1.165, 1.54) is 35.0 Å². The van der Waals surface area contributed by atoms with Crippen molar-refractivity contribution in [2.45, 2.75) is 39.0 Å². The van der Waals surface area contributed by atoms with E-state index in [9.17, 15) is 0 Å². The summed E-state index contributed by atoms with van der Waals surface area (Å²) in [4.78, 5) is 3.59. The Morgan fingerprint density at radius 1 is 1.27 bits per heavy atom. The second-order valence-electron chi connectivity index (χ2n) is 5.41. The molecule has 78 valence electrons. The molecular formula is C14H17N. The Morgan fingerprint density at radius 3 is 2.87 bits per heavy atom. The number of aryl methyl sites for hydroxylation is 2. The van der Waals surface area contributed by atoms with E-state index in [4.69, 9.17) is 0 Å². The van der Waals surface area contributed by atoms with E-state index in [-0.39, 0.29) is 0 Å². The number of nitrogens with one attached hydrogen (secondary N) is 1. The number of H-pyrrole nitrogens is 1. The first-order chi connectivity index (χ1) is 7.08. The summed E-state index contributed by atoms with van der Waals surface area (Å²) in [5.41, 5.74) is 6.01. The molecule has 3 rings (SSSR count). The Hall–Kier alpha value is -1.24. The highest BCUT2D eigenvalue weighted by atomic mass is 14.8. The molecule has 1 N–H and O–H groups in total. The minimum atomic E-state index is 0.336. The first-order valence-electron chi connectivity index (χ1n) is 5.70. The summed E-state index contributed by atoms with van der Waals surface area (Å²) in [5, 5.41) is 1.44. The van der Waals surface area contributed by atoms with Crippen molar-refractivity contribution in [3.05, 3.63) is 35.0 Å². The highest BCUT2D eigenvalue weighted by Gasteiger charge is 2.32. The molecule has 1 aliphatic carbocycles. The minimum Gasteiger partial charge on any atom is -0.358 e. The van der Waals surface area contributed by atoms with Gasteiger partial charge in [-0.2, -0.15) is 0 Å². The molecule has 0 atom stereocenters. The van der Waals surface area contributed by atoms with E-state index in [1.807, 2.05) is 0 Å². The highest BCUT2D eigenvalue weighted by molar-refractivity contribution is 5.86. The first-order valence-corrected chi connectivity index (χ1v) is 5.70. The SMILES string of the molecule is Cc1ccc2[nH]c3c(c2c1)CCC3(C)C. The molecule has 1 aromatic heterocycles. The molecule has 15 heavy (non-hydrogen) atoms. The summed E-state index contributed by atoms with van der Waals surface area (Å²) < 4.78 is 0. The van der Waals surface area contributed by atoms with Crippen LogP contribution in [0.3, 0.4) is 0 Å². The predicted octanol–water partition coefficient (Wildman–Crippen LogP) is 3.70. The van der Waals surface area contributed by atoms with Gasteiger partial charge in [-0.1, -0.05) is 25.5 Å². The molecule has 2 aromatic rings. The number of hydrogen-bond acceptors (Lipinski definition) is 0. The normalized spacial score (nSPS) is 18.3. The van der Waals surface area contributed by atoms with Gasteiger partial charge >= 0.3 is 0 Å². The van der Waals surface area contributed by atoms with E-state index in [0.717, 1.165) is 0 Å². The van der Waals surface area contributed by atoms with Crippen LogP contribution in [-0.2, 0) is 11.8 Å². The van der Waals surface area contributed by atoms with Crippen molar-refractivity contribution >= 4 is 10.9 Å². The largest absolute Gasteiger partial charge is 0.358 e. The zero-order valence-electron chi connectivity index (χ0n) is 9.65. The molecule has 1 aliphatic rings. The monoisotopic (exact) mass is 199 g/mol. The standard InChI is InChI=1S/C14H17N/c1-9-4-5-12-11(8-9)10-6-7-14(2,3)13(10)15-12/h4-5,8,15H,6-7H2,1-3H3. The molecule has 0 fully saturated rings. The van der Waals surface area contributed by atoms with Gasteiger partial charge in [-0.3, -0.25) is 0 Å². The second kappa shape index (κ2) is 2.66. The molecule has 0 amide bonds. The van der Waals surface area contributed by atoms with Gasteiger partial charge in [0.15, 0.2) is 0 Å². The summed E-state index contributed by atoms with van der Waals surface area (Å²) in [7, 11) is 0. The van der Waals surface area contributed by atoms with Gasteiger partial charge in [-0.25, -0.2) is 0 Å². The fourth-order valence-electron chi connectivity index (χ4n) is 2.76. The molecule has 0 saturated carbocycles. The Kier molecular flexibility index (Phi) is 1.60. The van der Waals surface area contributed by atoms with E-state index >= 15 is 0 Å². The fraction of sp³-hybridized carbons (Fsp3) is 0.429. The lowest BCUT2D eigenvalue weighted by Crippen LogP contribution is -2.12. The van der Waals surface area contributed by atoms with E-state index < -0.39 is 0 Å². The van der Waals surface area contributed by atoms with Crippen LogP contribution in [0, 0.1) is 6.92 Å². The number of aromatic nitrogens is 1. The summed E-state index contributed by atoms with van der Waals surface area (Å²) in [6.07, 6.45) is 2.50. The summed E-state index contributed by atoms with van der Waals surface area (Å²) in [5.74, 6) is 0. The zero-order valence-corrected chi connectivity index (χ0v) is 9.65. The average molecular weight is 199 g/mol. The van der Waals surface area contributed by atoms with Crippen LogP contribution in [0.5, 0.6) is 0 Å². The fourth-order valence-corrected chi connectivity index (χ4v) is 2.76. The quantitative estimate of drug-likeness (QED) is 0.666. The Morgan fingerprint density at radius 2 is 2.07 bits per heavy atom. The molecule has 1 heterocycles. The third kappa shape index (κ3) is 1.16. The van der Waals surface area contributed by atoms with Crippen LogP contribution >= 0.6 is 0 Å². The molecule has 0 bridgehead atoms. The van der Waals surface area contributed by atoms with Crippen molar-refractivity contribution in [2.75, 3.05) is 0 Å². The lowest BCUT2D eigenvalue weighted by molar-refractivity contribution is 0.510. The maximum Gasteiger partial charge on any atom is 0.0459 e. The third-order valence-corrected chi connectivity index (χ3v) is 3.74.